The molecule has 1 rings (SSSR count). The minimum absolute atomic E-state index is 0.00493. The van der Waals surface area contributed by atoms with Gasteiger partial charge in [0.05, 0.1) is 18.4 Å². The molecule has 1 aromatic rings. The van der Waals surface area contributed by atoms with E-state index in [1.54, 1.807) is 7.11 Å². The average Bonchev–Trinajstić information content (AvgIpc) is 2.46. The molecule has 4 nitrogen and oxygen atoms in total. The lowest BCUT2D eigenvalue weighted by Gasteiger charge is -2.34. The van der Waals surface area contributed by atoms with Crippen molar-refractivity contribution in [3.63, 3.8) is 0 Å². The average molecular weight is 275 g/mol. The zero-order chi connectivity index (χ0) is 15.2. The minimum atomic E-state index is 0.00493. The lowest BCUT2D eigenvalue weighted by atomic mass is 9.92. The predicted molar refractivity (Wildman–Crippen MR) is 83.0 cm³/mol. The predicted octanol–water partition coefficient (Wildman–Crippen LogP) is 2.77. The second-order valence-corrected chi connectivity index (χ2v) is 5.78. The number of hydrogen-bond donors (Lipinski definition) is 1. The quantitative estimate of drug-likeness (QED) is 0.831. The van der Waals surface area contributed by atoms with Gasteiger partial charge in [-0.05, 0) is 30.5 Å². The van der Waals surface area contributed by atoms with Gasteiger partial charge in [0.15, 0.2) is 0 Å². The first-order valence-electron chi connectivity index (χ1n) is 7.00. The fourth-order valence-electron chi connectivity index (χ4n) is 2.13. The van der Waals surface area contributed by atoms with Crippen LogP contribution in [0.5, 0.6) is 5.75 Å². The van der Waals surface area contributed by atoms with Crippen molar-refractivity contribution >= 4 is 5.69 Å². The van der Waals surface area contributed by atoms with Gasteiger partial charge in [0.25, 0.3) is 0 Å². The molecule has 0 aliphatic rings. The van der Waals surface area contributed by atoms with E-state index < -0.39 is 0 Å². The molecule has 0 bridgehead atoms. The fourth-order valence-corrected chi connectivity index (χ4v) is 2.13. The van der Waals surface area contributed by atoms with Gasteiger partial charge in [-0.2, -0.15) is 5.26 Å². The van der Waals surface area contributed by atoms with Gasteiger partial charge in [0.1, 0.15) is 11.8 Å². The van der Waals surface area contributed by atoms with E-state index in [-0.39, 0.29) is 5.41 Å². The molecule has 0 heterocycles. The number of nitrogens with two attached hydrogens (primary N) is 1. The Labute approximate surface area is 122 Å². The number of anilines is 1. The van der Waals surface area contributed by atoms with Crippen molar-refractivity contribution in [1.82, 2.24) is 0 Å². The maximum Gasteiger partial charge on any atom is 0.121 e. The highest BCUT2D eigenvalue weighted by atomic mass is 16.5. The van der Waals surface area contributed by atoms with Crippen molar-refractivity contribution < 1.29 is 4.74 Å². The molecule has 4 heteroatoms. The number of rotatable bonds is 7. The Morgan fingerprint density at radius 2 is 2.10 bits per heavy atom. The van der Waals surface area contributed by atoms with E-state index in [2.05, 4.69) is 31.7 Å². The van der Waals surface area contributed by atoms with E-state index >= 15 is 0 Å². The van der Waals surface area contributed by atoms with Crippen LogP contribution in [0.25, 0.3) is 0 Å². The fraction of sp³-hybridized carbons (Fsp3) is 0.562. The van der Waals surface area contributed by atoms with Crippen LogP contribution in [0.15, 0.2) is 18.2 Å². The molecule has 110 valence electrons. The van der Waals surface area contributed by atoms with Gasteiger partial charge in [-0.3, -0.25) is 0 Å². The van der Waals surface area contributed by atoms with E-state index in [0.29, 0.717) is 12.1 Å². The molecule has 0 unspecified atom stereocenters. The summed E-state index contributed by atoms with van der Waals surface area (Å²) in [6.45, 7) is 8.74. The Kier molecular flexibility index (Phi) is 5.84. The zero-order valence-electron chi connectivity index (χ0n) is 12.9. The van der Waals surface area contributed by atoms with E-state index in [4.69, 9.17) is 10.5 Å². The van der Waals surface area contributed by atoms with Gasteiger partial charge in [0, 0.05) is 19.2 Å². The molecule has 0 amide bonds. The summed E-state index contributed by atoms with van der Waals surface area (Å²) < 4.78 is 5.28. The Hall–Kier alpha value is -1.73. The smallest absolute Gasteiger partial charge is 0.121 e. The van der Waals surface area contributed by atoms with Crippen LogP contribution < -0.4 is 15.4 Å². The third kappa shape index (κ3) is 4.14. The second-order valence-electron chi connectivity index (χ2n) is 5.78. The molecule has 0 saturated heterocycles. The largest absolute Gasteiger partial charge is 0.497 e. The third-order valence-electron chi connectivity index (χ3n) is 3.33. The van der Waals surface area contributed by atoms with Crippen molar-refractivity contribution in [2.24, 2.45) is 11.1 Å². The molecule has 2 N–H and O–H groups in total. The van der Waals surface area contributed by atoms with Gasteiger partial charge >= 0.3 is 0 Å². The van der Waals surface area contributed by atoms with E-state index in [1.807, 2.05) is 18.2 Å². The summed E-state index contributed by atoms with van der Waals surface area (Å²) in [5, 5.41) is 9.31. The first-order chi connectivity index (χ1) is 9.47. The summed E-state index contributed by atoms with van der Waals surface area (Å²) in [5.41, 5.74) is 7.44. The molecule has 0 radical (unpaired) electrons. The standard InChI is InChI=1S/C16H25N3O/c1-5-8-19(12-16(2,3)11-18)15-9-14(20-4)7-6-13(15)10-17/h6-7,9H,5,8,11-12,18H2,1-4H3. The first-order valence-corrected chi connectivity index (χ1v) is 7.00. The Balaban J connectivity index is 3.16. The zero-order valence-corrected chi connectivity index (χ0v) is 12.9. The van der Waals surface area contributed by atoms with E-state index in [0.717, 1.165) is 30.9 Å². The summed E-state index contributed by atoms with van der Waals surface area (Å²) in [4.78, 5) is 2.23. The van der Waals surface area contributed by atoms with Crippen LogP contribution in [-0.4, -0.2) is 26.7 Å². The number of benzene rings is 1. The lowest BCUT2D eigenvalue weighted by molar-refractivity contribution is 0.377. The molecule has 0 aromatic heterocycles. The maximum absolute atomic E-state index is 9.31. The molecule has 0 spiro atoms. The minimum Gasteiger partial charge on any atom is -0.497 e. The van der Waals surface area contributed by atoms with Gasteiger partial charge in [0.2, 0.25) is 0 Å². The SMILES string of the molecule is CCCN(CC(C)(C)CN)c1cc(OC)ccc1C#N. The van der Waals surface area contributed by atoms with Crippen LogP contribution in [0.3, 0.4) is 0 Å². The van der Waals surface area contributed by atoms with Crippen molar-refractivity contribution in [3.8, 4) is 11.8 Å². The molecule has 0 saturated carbocycles. The van der Waals surface area contributed by atoms with Crippen molar-refractivity contribution in [1.29, 1.82) is 5.26 Å². The van der Waals surface area contributed by atoms with Crippen molar-refractivity contribution in [2.45, 2.75) is 27.2 Å². The lowest BCUT2D eigenvalue weighted by Crippen LogP contribution is -2.39. The number of ether oxygens (including phenoxy) is 1. The number of methoxy groups -OCH3 is 1. The van der Waals surface area contributed by atoms with Gasteiger partial charge in [-0.15, -0.1) is 0 Å². The summed E-state index contributed by atoms with van der Waals surface area (Å²) >= 11 is 0. The Morgan fingerprint density at radius 1 is 1.40 bits per heavy atom. The molecule has 1 aromatic carbocycles. The van der Waals surface area contributed by atoms with Crippen LogP contribution >= 0.6 is 0 Å². The van der Waals surface area contributed by atoms with Gasteiger partial charge in [-0.25, -0.2) is 0 Å². The third-order valence-corrected chi connectivity index (χ3v) is 3.33. The number of nitriles is 1. The molecular weight excluding hydrogens is 250 g/mol. The molecular formula is C16H25N3O. The topological polar surface area (TPSA) is 62.3 Å². The summed E-state index contributed by atoms with van der Waals surface area (Å²) in [5.74, 6) is 0.769. The Bertz CT molecular complexity index is 477. The molecule has 0 atom stereocenters. The van der Waals surface area contributed by atoms with Crippen LogP contribution in [-0.2, 0) is 0 Å². The van der Waals surface area contributed by atoms with E-state index in [9.17, 15) is 5.26 Å². The van der Waals surface area contributed by atoms with Crippen molar-refractivity contribution in [2.75, 3.05) is 31.6 Å². The molecule has 20 heavy (non-hydrogen) atoms. The van der Waals surface area contributed by atoms with Crippen LogP contribution in [0.2, 0.25) is 0 Å². The monoisotopic (exact) mass is 275 g/mol. The highest BCUT2D eigenvalue weighted by Gasteiger charge is 2.22. The number of hydrogen-bond acceptors (Lipinski definition) is 4. The highest BCUT2D eigenvalue weighted by Crippen LogP contribution is 2.28. The molecule has 0 fully saturated rings. The highest BCUT2D eigenvalue weighted by molar-refractivity contribution is 5.62. The van der Waals surface area contributed by atoms with Gasteiger partial charge in [-0.1, -0.05) is 20.8 Å². The van der Waals surface area contributed by atoms with Crippen LogP contribution in [0, 0.1) is 16.7 Å². The maximum atomic E-state index is 9.31. The second kappa shape index (κ2) is 7.16. The number of nitrogens with zero attached hydrogens (tertiary/aromatic N) is 2. The van der Waals surface area contributed by atoms with Crippen molar-refractivity contribution in [3.05, 3.63) is 23.8 Å². The Morgan fingerprint density at radius 3 is 2.60 bits per heavy atom. The van der Waals surface area contributed by atoms with Gasteiger partial charge < -0.3 is 15.4 Å². The van der Waals surface area contributed by atoms with Crippen LogP contribution in [0.4, 0.5) is 5.69 Å². The van der Waals surface area contributed by atoms with E-state index in [1.165, 1.54) is 0 Å². The normalized spacial score (nSPS) is 11.0. The summed E-state index contributed by atoms with van der Waals surface area (Å²) in [7, 11) is 1.64. The summed E-state index contributed by atoms with van der Waals surface area (Å²) in [6.07, 6.45) is 1.02. The summed E-state index contributed by atoms with van der Waals surface area (Å²) in [6, 6.07) is 7.82. The van der Waals surface area contributed by atoms with Crippen LogP contribution in [0.1, 0.15) is 32.8 Å². The molecule has 0 aliphatic heterocycles. The molecule has 0 aliphatic carbocycles. The first kappa shape index (κ1) is 16.3.